The zero-order chi connectivity index (χ0) is 12.0. The van der Waals surface area contributed by atoms with Crippen LogP contribution in [-0.4, -0.2) is 27.9 Å². The van der Waals surface area contributed by atoms with Gasteiger partial charge in [-0.15, -0.1) is 0 Å². The molecule has 0 aromatic carbocycles. The van der Waals surface area contributed by atoms with Crippen molar-refractivity contribution in [1.82, 2.24) is 9.55 Å². The Hall–Kier alpha value is 0.355. The highest BCUT2D eigenvalue weighted by Crippen LogP contribution is 2.36. The first-order chi connectivity index (χ1) is 7.36. The summed E-state index contributed by atoms with van der Waals surface area (Å²) in [6.07, 6.45) is 4.40. The lowest BCUT2D eigenvalue weighted by Crippen LogP contribution is -2.41. The summed E-state index contributed by atoms with van der Waals surface area (Å²) in [6.45, 7) is 8.21. The molecule has 1 atom stereocenters. The third-order valence-corrected chi connectivity index (χ3v) is 5.12. The van der Waals surface area contributed by atoms with Gasteiger partial charge in [-0.25, -0.2) is 4.45 Å². The van der Waals surface area contributed by atoms with Crippen molar-refractivity contribution in [3.05, 3.63) is 12.4 Å². The number of halogens is 1. The average Bonchev–Trinajstić information content (AvgIpc) is 2.70. The molecular formula is C9H15BIN2O2P. The van der Waals surface area contributed by atoms with Crippen LogP contribution in [0.2, 0.25) is 0 Å². The summed E-state index contributed by atoms with van der Waals surface area (Å²) in [5.41, 5.74) is 0.418. The molecule has 1 saturated heterocycles. The van der Waals surface area contributed by atoms with E-state index in [1.165, 1.54) is 0 Å². The molecule has 1 aromatic rings. The van der Waals surface area contributed by atoms with Gasteiger partial charge in [-0.2, -0.15) is 5.10 Å². The lowest BCUT2D eigenvalue weighted by molar-refractivity contribution is 0.00578. The molecule has 1 aromatic heterocycles. The van der Waals surface area contributed by atoms with Gasteiger partial charge in [0.15, 0.2) is 0 Å². The summed E-state index contributed by atoms with van der Waals surface area (Å²) < 4.78 is 13.8. The molecule has 16 heavy (non-hydrogen) atoms. The minimum Gasteiger partial charge on any atom is -0.399 e. The van der Waals surface area contributed by atoms with E-state index < -0.39 is 0 Å². The fourth-order valence-corrected chi connectivity index (χ4v) is 2.57. The first-order valence-corrected chi connectivity index (χ1v) is 9.19. The Labute approximate surface area is 111 Å². The van der Waals surface area contributed by atoms with Gasteiger partial charge in [-0.3, -0.25) is 0 Å². The van der Waals surface area contributed by atoms with Crippen molar-refractivity contribution in [2.24, 2.45) is 0 Å². The van der Waals surface area contributed by atoms with Crippen LogP contribution in [0.1, 0.15) is 27.7 Å². The van der Waals surface area contributed by atoms with Crippen LogP contribution in [0.25, 0.3) is 0 Å². The van der Waals surface area contributed by atoms with Gasteiger partial charge in [-0.1, -0.05) is 0 Å². The first-order valence-electron chi connectivity index (χ1n) is 5.12. The van der Waals surface area contributed by atoms with Crippen LogP contribution >= 0.6 is 28.4 Å². The topological polar surface area (TPSA) is 36.3 Å². The molecule has 0 saturated carbocycles. The molecule has 1 unspecified atom stereocenters. The van der Waals surface area contributed by atoms with Crippen molar-refractivity contribution < 1.29 is 9.31 Å². The fourth-order valence-electron chi connectivity index (χ4n) is 1.48. The molecule has 1 aliphatic heterocycles. The van der Waals surface area contributed by atoms with Crippen LogP contribution in [-0.2, 0) is 9.31 Å². The second-order valence-corrected chi connectivity index (χ2v) is 6.97. The molecule has 2 heterocycles. The van der Waals surface area contributed by atoms with E-state index in [-0.39, 0.29) is 18.3 Å². The minimum absolute atomic E-state index is 0.285. The number of aromatic nitrogens is 2. The van der Waals surface area contributed by atoms with E-state index in [1.807, 2.05) is 16.8 Å². The summed E-state index contributed by atoms with van der Waals surface area (Å²) in [6, 6.07) is 0. The molecule has 0 bridgehead atoms. The summed E-state index contributed by atoms with van der Waals surface area (Å²) in [4.78, 5) is 0. The maximum atomic E-state index is 5.93. The quantitative estimate of drug-likeness (QED) is 0.464. The first kappa shape index (κ1) is 12.8. The van der Waals surface area contributed by atoms with Crippen molar-refractivity contribution in [3.63, 3.8) is 0 Å². The Morgan fingerprint density at radius 2 is 1.88 bits per heavy atom. The van der Waals surface area contributed by atoms with Crippen LogP contribution < -0.4 is 5.46 Å². The molecule has 0 amide bonds. The Balaban J connectivity index is 2.20. The summed E-state index contributed by atoms with van der Waals surface area (Å²) in [5, 5.41) is 4.24. The number of rotatable bonds is 2. The third kappa shape index (κ3) is 2.17. The van der Waals surface area contributed by atoms with Gasteiger partial charge in [-0.05, 0) is 49.7 Å². The minimum atomic E-state index is -0.300. The molecule has 4 nitrogen and oxygen atoms in total. The molecule has 88 valence electrons. The second-order valence-electron chi connectivity index (χ2n) is 4.89. The third-order valence-electron chi connectivity index (χ3n) is 3.21. The maximum absolute atomic E-state index is 5.93. The standard InChI is InChI=1S/C9H15BIN2O2P/c1-8(2)9(3,4)15-10(14-8)7-5-12-13(6-7)16-11/h5-6,16H,1-4H3. The van der Waals surface area contributed by atoms with Crippen LogP contribution in [0.4, 0.5) is 0 Å². The number of hydrogen-bond acceptors (Lipinski definition) is 3. The van der Waals surface area contributed by atoms with E-state index >= 15 is 0 Å². The Bertz CT molecular complexity index is 381. The predicted octanol–water partition coefficient (Wildman–Crippen LogP) is 1.97. The zero-order valence-electron chi connectivity index (χ0n) is 9.82. The molecule has 0 aliphatic carbocycles. The number of hydrogen-bond donors (Lipinski definition) is 0. The zero-order valence-corrected chi connectivity index (χ0v) is 13.0. The van der Waals surface area contributed by atoms with Gasteiger partial charge in [0.05, 0.1) is 17.6 Å². The van der Waals surface area contributed by atoms with Crippen molar-refractivity contribution in [3.8, 4) is 0 Å². The molecule has 0 spiro atoms. The largest absolute Gasteiger partial charge is 0.498 e. The second kappa shape index (κ2) is 4.23. The highest BCUT2D eigenvalue weighted by atomic mass is 127. The Morgan fingerprint density at radius 3 is 2.31 bits per heavy atom. The molecule has 1 fully saturated rings. The summed E-state index contributed by atoms with van der Waals surface area (Å²) in [7, 11) is -0.300. The molecule has 1 aliphatic rings. The van der Waals surface area contributed by atoms with Crippen LogP contribution in [0.3, 0.4) is 0 Å². The van der Waals surface area contributed by atoms with E-state index in [0.29, 0.717) is 6.37 Å². The van der Waals surface area contributed by atoms with Crippen molar-refractivity contribution in [2.45, 2.75) is 38.9 Å². The predicted molar refractivity (Wildman–Crippen MR) is 75.7 cm³/mol. The molecule has 0 radical (unpaired) electrons. The van der Waals surface area contributed by atoms with Gasteiger partial charge in [0.25, 0.3) is 0 Å². The van der Waals surface area contributed by atoms with Gasteiger partial charge in [0.2, 0.25) is 0 Å². The SMILES string of the molecule is CC1(C)OB(c2cnn(PI)c2)OC1(C)C. The smallest absolute Gasteiger partial charge is 0.399 e. The summed E-state index contributed by atoms with van der Waals surface area (Å²) in [5.74, 6) is 0. The van der Waals surface area contributed by atoms with Crippen LogP contribution in [0, 0.1) is 0 Å². The van der Waals surface area contributed by atoms with Crippen molar-refractivity contribution in [1.29, 1.82) is 0 Å². The summed E-state index contributed by atoms with van der Waals surface area (Å²) >= 11 is 2.29. The molecule has 0 N–H and O–H groups in total. The highest BCUT2D eigenvalue weighted by Gasteiger charge is 2.52. The lowest BCUT2D eigenvalue weighted by Gasteiger charge is -2.32. The average molecular weight is 352 g/mol. The normalized spacial score (nSPS) is 23.4. The molecule has 2 rings (SSSR count). The van der Waals surface area contributed by atoms with Gasteiger partial charge in [0, 0.05) is 17.9 Å². The van der Waals surface area contributed by atoms with Gasteiger partial charge in [0.1, 0.15) is 0 Å². The van der Waals surface area contributed by atoms with E-state index in [1.54, 1.807) is 0 Å². The monoisotopic (exact) mass is 352 g/mol. The van der Waals surface area contributed by atoms with Gasteiger partial charge < -0.3 is 9.31 Å². The Kier molecular flexibility index (Phi) is 3.38. The lowest BCUT2D eigenvalue weighted by atomic mass is 9.82. The maximum Gasteiger partial charge on any atom is 0.498 e. The van der Waals surface area contributed by atoms with Gasteiger partial charge >= 0.3 is 7.12 Å². The van der Waals surface area contributed by atoms with E-state index in [2.05, 4.69) is 54.8 Å². The molecular weight excluding hydrogens is 337 g/mol. The highest BCUT2D eigenvalue weighted by molar-refractivity contribution is 14.2. The Morgan fingerprint density at radius 1 is 1.31 bits per heavy atom. The number of nitrogens with zero attached hydrogens (tertiary/aromatic N) is 2. The van der Waals surface area contributed by atoms with Crippen molar-refractivity contribution in [2.75, 3.05) is 0 Å². The van der Waals surface area contributed by atoms with E-state index in [9.17, 15) is 0 Å². The van der Waals surface area contributed by atoms with Crippen LogP contribution in [0.5, 0.6) is 0 Å². The van der Waals surface area contributed by atoms with E-state index in [4.69, 9.17) is 9.31 Å². The van der Waals surface area contributed by atoms with Crippen molar-refractivity contribution >= 4 is 41.0 Å². The molecule has 7 heteroatoms. The fraction of sp³-hybridized carbons (Fsp3) is 0.667. The van der Waals surface area contributed by atoms with Crippen LogP contribution in [0.15, 0.2) is 12.4 Å². The van der Waals surface area contributed by atoms with E-state index in [0.717, 1.165) is 5.46 Å².